The average molecular weight is 341 g/mol. The Morgan fingerprint density at radius 2 is 1.72 bits per heavy atom. The van der Waals surface area contributed by atoms with Gasteiger partial charge in [-0.3, -0.25) is 20.4 Å². The molecule has 0 aliphatic heterocycles. The molecule has 0 saturated heterocycles. The lowest BCUT2D eigenvalue weighted by Gasteiger charge is -2.09. The van der Waals surface area contributed by atoms with Crippen molar-refractivity contribution in [3.63, 3.8) is 0 Å². The maximum absolute atomic E-state index is 13.4. The lowest BCUT2D eigenvalue weighted by molar-refractivity contribution is -0.129. The Balaban J connectivity index is 1.47. The van der Waals surface area contributed by atoms with Crippen LogP contribution in [0.25, 0.3) is 10.9 Å². The Labute approximate surface area is 143 Å². The van der Waals surface area contributed by atoms with Gasteiger partial charge >= 0.3 is 0 Å². The van der Waals surface area contributed by atoms with Crippen molar-refractivity contribution in [2.24, 2.45) is 0 Å². The summed E-state index contributed by atoms with van der Waals surface area (Å²) in [7, 11) is 0. The summed E-state index contributed by atoms with van der Waals surface area (Å²) in [5.41, 5.74) is 6.31. The second-order valence-electron chi connectivity index (χ2n) is 5.35. The van der Waals surface area contributed by atoms with Gasteiger partial charge in [-0.15, -0.1) is 0 Å². The number of aromatic nitrogens is 1. The van der Waals surface area contributed by atoms with Gasteiger partial charge in [-0.05, 0) is 23.8 Å². The number of halogens is 1. The maximum Gasteiger partial charge on any atom is 0.276 e. The lowest BCUT2D eigenvalue weighted by atomic mass is 10.1. The molecule has 2 amide bonds. The molecular weight excluding hydrogens is 325 g/mol. The second kappa shape index (κ2) is 7.48. The highest BCUT2D eigenvalue weighted by Gasteiger charge is 2.10. The van der Waals surface area contributed by atoms with Gasteiger partial charge in [0.15, 0.2) is 18.2 Å². The predicted molar refractivity (Wildman–Crippen MR) is 90.2 cm³/mol. The zero-order valence-electron chi connectivity index (χ0n) is 13.2. The number of rotatable bonds is 5. The van der Waals surface area contributed by atoms with Crippen molar-refractivity contribution in [2.75, 3.05) is 6.61 Å². The molecule has 0 unspecified atom stereocenters. The van der Waals surface area contributed by atoms with Crippen LogP contribution in [0.5, 0.6) is 5.75 Å². The zero-order valence-corrected chi connectivity index (χ0v) is 13.2. The van der Waals surface area contributed by atoms with Crippen LogP contribution in [-0.4, -0.2) is 23.4 Å². The molecule has 0 bridgehead atoms. The highest BCUT2D eigenvalue weighted by Crippen LogP contribution is 2.18. The van der Waals surface area contributed by atoms with Gasteiger partial charge in [0.25, 0.3) is 5.91 Å². The molecule has 0 fully saturated rings. The van der Waals surface area contributed by atoms with Crippen molar-refractivity contribution in [1.29, 1.82) is 0 Å². The van der Waals surface area contributed by atoms with Crippen LogP contribution in [-0.2, 0) is 16.0 Å². The summed E-state index contributed by atoms with van der Waals surface area (Å²) in [5, 5.41) is 0.951. The maximum atomic E-state index is 13.4. The minimum atomic E-state index is -0.587. The van der Waals surface area contributed by atoms with Crippen molar-refractivity contribution in [2.45, 2.75) is 6.42 Å². The number of para-hydroxylation sites is 2. The summed E-state index contributed by atoms with van der Waals surface area (Å²) in [5.74, 6) is -1.54. The van der Waals surface area contributed by atoms with Crippen molar-refractivity contribution in [3.05, 3.63) is 66.1 Å². The molecule has 0 aliphatic rings. The van der Waals surface area contributed by atoms with Gasteiger partial charge < -0.3 is 9.72 Å². The van der Waals surface area contributed by atoms with Crippen LogP contribution < -0.4 is 15.6 Å². The summed E-state index contributed by atoms with van der Waals surface area (Å²) in [6.07, 6.45) is 1.87. The fourth-order valence-corrected chi connectivity index (χ4v) is 2.38. The number of hydrogen-bond acceptors (Lipinski definition) is 3. The fraction of sp³-hybridized carbons (Fsp3) is 0.111. The summed E-state index contributed by atoms with van der Waals surface area (Å²) in [6.45, 7) is -0.408. The Bertz CT molecular complexity index is 907. The molecule has 0 aliphatic carbocycles. The smallest absolute Gasteiger partial charge is 0.276 e. The van der Waals surface area contributed by atoms with E-state index in [9.17, 15) is 14.0 Å². The average Bonchev–Trinajstić information content (AvgIpc) is 3.02. The van der Waals surface area contributed by atoms with Crippen molar-refractivity contribution in [1.82, 2.24) is 15.8 Å². The van der Waals surface area contributed by atoms with Crippen molar-refractivity contribution < 1.29 is 18.7 Å². The van der Waals surface area contributed by atoms with Crippen LogP contribution in [0.2, 0.25) is 0 Å². The molecule has 0 saturated carbocycles. The van der Waals surface area contributed by atoms with E-state index in [1.54, 1.807) is 12.3 Å². The molecule has 3 N–H and O–H groups in total. The topological polar surface area (TPSA) is 83.2 Å². The van der Waals surface area contributed by atoms with Crippen LogP contribution in [0.15, 0.2) is 54.7 Å². The van der Waals surface area contributed by atoms with Crippen molar-refractivity contribution in [3.8, 4) is 5.75 Å². The van der Waals surface area contributed by atoms with Gasteiger partial charge in [0, 0.05) is 17.1 Å². The molecule has 1 heterocycles. The largest absolute Gasteiger partial charge is 0.481 e. The number of carbonyl (C=O) groups excluding carboxylic acids is 2. The summed E-state index contributed by atoms with van der Waals surface area (Å²) in [6, 6.07) is 13.4. The van der Waals surface area contributed by atoms with E-state index in [1.807, 2.05) is 24.3 Å². The van der Waals surface area contributed by atoms with E-state index in [1.165, 1.54) is 18.2 Å². The molecule has 0 radical (unpaired) electrons. The van der Waals surface area contributed by atoms with Crippen LogP contribution in [0.1, 0.15) is 5.56 Å². The van der Waals surface area contributed by atoms with E-state index in [0.717, 1.165) is 16.5 Å². The number of aromatic amines is 1. The number of ether oxygens (including phenoxy) is 1. The van der Waals surface area contributed by atoms with Gasteiger partial charge in [-0.1, -0.05) is 30.3 Å². The number of nitrogens with one attached hydrogen (secondary N) is 3. The van der Waals surface area contributed by atoms with Crippen LogP contribution in [0, 0.1) is 5.82 Å². The fourth-order valence-electron chi connectivity index (χ4n) is 2.38. The number of H-pyrrole nitrogens is 1. The molecule has 0 atom stereocenters. The first kappa shape index (κ1) is 16.5. The van der Waals surface area contributed by atoms with E-state index < -0.39 is 18.3 Å². The number of hydrazine groups is 1. The third kappa shape index (κ3) is 4.14. The number of benzene rings is 2. The lowest BCUT2D eigenvalue weighted by Crippen LogP contribution is -2.44. The summed E-state index contributed by atoms with van der Waals surface area (Å²) < 4.78 is 18.4. The minimum absolute atomic E-state index is 0.0252. The first-order valence-electron chi connectivity index (χ1n) is 7.63. The first-order valence-corrected chi connectivity index (χ1v) is 7.63. The summed E-state index contributed by atoms with van der Waals surface area (Å²) in [4.78, 5) is 26.7. The Hall–Kier alpha value is -3.35. The number of fused-ring (bicyclic) bond motifs is 1. The van der Waals surface area contributed by atoms with E-state index >= 15 is 0 Å². The number of hydrogen-bond donors (Lipinski definition) is 3. The van der Waals surface area contributed by atoms with E-state index in [0.29, 0.717) is 0 Å². The van der Waals surface area contributed by atoms with Crippen LogP contribution in [0.4, 0.5) is 4.39 Å². The standard InChI is InChI=1S/C18H16FN3O3/c19-14-6-2-4-8-16(14)25-11-18(24)22-21-17(23)9-12-10-20-15-7-3-1-5-13(12)15/h1-8,10,20H,9,11H2,(H,21,23)(H,22,24). The zero-order chi connectivity index (χ0) is 17.6. The molecule has 1 aromatic heterocycles. The molecule has 25 heavy (non-hydrogen) atoms. The molecule has 6 nitrogen and oxygen atoms in total. The van der Waals surface area contributed by atoms with Gasteiger partial charge in [0.2, 0.25) is 5.91 Å². The van der Waals surface area contributed by atoms with E-state index in [-0.39, 0.29) is 18.1 Å². The highest BCUT2D eigenvalue weighted by atomic mass is 19.1. The van der Waals surface area contributed by atoms with E-state index in [2.05, 4.69) is 15.8 Å². The molecule has 0 spiro atoms. The molecule has 3 aromatic rings. The van der Waals surface area contributed by atoms with E-state index in [4.69, 9.17) is 4.74 Å². The minimum Gasteiger partial charge on any atom is -0.481 e. The third-order valence-electron chi connectivity index (χ3n) is 3.56. The quantitative estimate of drug-likeness (QED) is 0.621. The van der Waals surface area contributed by atoms with Crippen molar-refractivity contribution >= 4 is 22.7 Å². The van der Waals surface area contributed by atoms with Crippen LogP contribution in [0.3, 0.4) is 0 Å². The highest BCUT2D eigenvalue weighted by molar-refractivity contribution is 5.89. The third-order valence-corrected chi connectivity index (χ3v) is 3.56. The summed E-state index contributed by atoms with van der Waals surface area (Å²) >= 11 is 0. The Kier molecular flexibility index (Phi) is 4.94. The molecule has 3 rings (SSSR count). The Morgan fingerprint density at radius 1 is 1.00 bits per heavy atom. The Morgan fingerprint density at radius 3 is 2.56 bits per heavy atom. The molecular formula is C18H16FN3O3. The van der Waals surface area contributed by atoms with Gasteiger partial charge in [-0.25, -0.2) is 4.39 Å². The second-order valence-corrected chi connectivity index (χ2v) is 5.35. The number of carbonyl (C=O) groups is 2. The van der Waals surface area contributed by atoms with Gasteiger partial charge in [0.05, 0.1) is 6.42 Å². The predicted octanol–water partition coefficient (Wildman–Crippen LogP) is 2.08. The first-order chi connectivity index (χ1) is 12.1. The molecule has 7 heteroatoms. The SMILES string of the molecule is O=C(COc1ccccc1F)NNC(=O)Cc1c[nH]c2ccccc12. The normalized spacial score (nSPS) is 10.4. The van der Waals surface area contributed by atoms with Gasteiger partial charge in [-0.2, -0.15) is 0 Å². The molecule has 128 valence electrons. The van der Waals surface area contributed by atoms with Gasteiger partial charge in [0.1, 0.15) is 0 Å². The number of amides is 2. The molecule has 2 aromatic carbocycles. The monoisotopic (exact) mass is 341 g/mol. The van der Waals surface area contributed by atoms with Crippen LogP contribution >= 0.6 is 0 Å².